The summed E-state index contributed by atoms with van der Waals surface area (Å²) in [6.45, 7) is 6.35. The normalized spacial score (nSPS) is 11.2. The number of ether oxygens (including phenoxy) is 1. The summed E-state index contributed by atoms with van der Waals surface area (Å²) < 4.78 is 4.78. The predicted molar refractivity (Wildman–Crippen MR) is 59.2 cm³/mol. The fourth-order valence-corrected chi connectivity index (χ4v) is 1.14. The van der Waals surface area contributed by atoms with Crippen molar-refractivity contribution in [1.29, 1.82) is 0 Å². The maximum Gasteiger partial charge on any atom is 0.329 e. The predicted octanol–water partition coefficient (Wildman–Crippen LogP) is -0.408. The van der Waals surface area contributed by atoms with Gasteiger partial charge in [0.05, 0.1) is 12.1 Å². The number of rotatable bonds is 8. The van der Waals surface area contributed by atoms with Gasteiger partial charge in [-0.15, -0.1) is 0 Å². The molecule has 0 saturated heterocycles. The van der Waals surface area contributed by atoms with Crippen molar-refractivity contribution in [3.8, 4) is 0 Å². The Morgan fingerprint density at radius 3 is 2.50 bits per heavy atom. The quantitative estimate of drug-likeness (QED) is 0.495. The first-order valence-corrected chi connectivity index (χ1v) is 5.23. The molecule has 94 valence electrons. The zero-order valence-corrected chi connectivity index (χ0v) is 10.0. The number of carboxylic acid groups (broad SMARTS) is 1. The van der Waals surface area contributed by atoms with Crippen molar-refractivity contribution >= 4 is 11.9 Å². The van der Waals surface area contributed by atoms with Crippen LogP contribution in [0.2, 0.25) is 0 Å². The van der Waals surface area contributed by atoms with Crippen molar-refractivity contribution in [1.82, 2.24) is 10.6 Å². The van der Waals surface area contributed by atoms with Crippen LogP contribution in [-0.4, -0.2) is 48.8 Å². The van der Waals surface area contributed by atoms with Gasteiger partial charge in [-0.2, -0.15) is 0 Å². The Kier molecular flexibility index (Phi) is 6.67. The Morgan fingerprint density at radius 2 is 2.00 bits per heavy atom. The lowest BCUT2D eigenvalue weighted by Gasteiger charge is -2.24. The number of hydrogen-bond acceptors (Lipinski definition) is 4. The van der Waals surface area contributed by atoms with E-state index >= 15 is 0 Å². The second-order valence-electron chi connectivity index (χ2n) is 3.86. The minimum atomic E-state index is -1.01. The fraction of sp³-hybridized carbons (Fsp3) is 0.800. The van der Waals surface area contributed by atoms with Crippen LogP contribution >= 0.6 is 0 Å². The Bertz CT molecular complexity index is 241. The molecular weight excluding hydrogens is 212 g/mol. The van der Waals surface area contributed by atoms with Crippen molar-refractivity contribution < 1.29 is 19.4 Å². The highest BCUT2D eigenvalue weighted by Crippen LogP contribution is 2.00. The van der Waals surface area contributed by atoms with Gasteiger partial charge in [0.25, 0.3) is 0 Å². The molecule has 0 aliphatic carbocycles. The molecule has 0 aliphatic rings. The molecule has 0 rings (SSSR count). The van der Waals surface area contributed by atoms with Crippen molar-refractivity contribution in [3.05, 3.63) is 0 Å². The highest BCUT2D eigenvalue weighted by Gasteiger charge is 2.25. The van der Waals surface area contributed by atoms with Gasteiger partial charge in [0.2, 0.25) is 5.91 Å². The summed E-state index contributed by atoms with van der Waals surface area (Å²) >= 11 is 0. The highest BCUT2D eigenvalue weighted by atomic mass is 16.5. The molecule has 0 spiro atoms. The summed E-state index contributed by atoms with van der Waals surface area (Å²) in [5.41, 5.74) is -0.623. The number of carbonyl (C=O) groups excluding carboxylic acids is 1. The van der Waals surface area contributed by atoms with Crippen LogP contribution in [-0.2, 0) is 14.3 Å². The first-order valence-electron chi connectivity index (χ1n) is 5.23. The number of likely N-dealkylation sites (N-methyl/N-ethyl adjacent to an activating group) is 1. The van der Waals surface area contributed by atoms with Gasteiger partial charge in [-0.05, 0) is 20.4 Å². The molecule has 0 unspecified atom stereocenters. The van der Waals surface area contributed by atoms with E-state index in [1.807, 2.05) is 6.92 Å². The van der Waals surface area contributed by atoms with Crippen LogP contribution in [0.25, 0.3) is 0 Å². The summed E-state index contributed by atoms with van der Waals surface area (Å²) in [5.74, 6) is -1.15. The van der Waals surface area contributed by atoms with Gasteiger partial charge in [-0.1, -0.05) is 6.92 Å². The molecular formula is C10H20N2O4. The molecule has 0 aromatic heterocycles. The van der Waals surface area contributed by atoms with Crippen LogP contribution in [0.4, 0.5) is 0 Å². The number of aliphatic carboxylic acids is 1. The van der Waals surface area contributed by atoms with Gasteiger partial charge in [0.1, 0.15) is 6.61 Å². The SMILES string of the molecule is CCNC(C)(C)C(=O)NCCOCC(=O)O. The van der Waals surface area contributed by atoms with E-state index in [0.29, 0.717) is 13.1 Å². The molecule has 0 heterocycles. The summed E-state index contributed by atoms with van der Waals surface area (Å²) in [6.07, 6.45) is 0. The zero-order chi connectivity index (χ0) is 12.6. The van der Waals surface area contributed by atoms with Gasteiger partial charge in [-0.25, -0.2) is 4.79 Å². The number of nitrogens with one attached hydrogen (secondary N) is 2. The molecule has 3 N–H and O–H groups in total. The molecule has 0 aliphatic heterocycles. The second-order valence-corrected chi connectivity index (χ2v) is 3.86. The number of amides is 1. The molecule has 6 nitrogen and oxygen atoms in total. The van der Waals surface area contributed by atoms with Crippen LogP contribution in [0, 0.1) is 0 Å². The van der Waals surface area contributed by atoms with E-state index in [9.17, 15) is 9.59 Å². The van der Waals surface area contributed by atoms with Gasteiger partial charge >= 0.3 is 5.97 Å². The maximum atomic E-state index is 11.6. The molecule has 0 saturated carbocycles. The lowest BCUT2D eigenvalue weighted by molar-refractivity contribution is -0.142. The maximum absolute atomic E-state index is 11.6. The van der Waals surface area contributed by atoms with E-state index in [1.54, 1.807) is 13.8 Å². The number of hydrogen-bond donors (Lipinski definition) is 3. The Labute approximate surface area is 95.4 Å². The van der Waals surface area contributed by atoms with Crippen LogP contribution in [0.3, 0.4) is 0 Å². The second kappa shape index (κ2) is 7.19. The molecule has 16 heavy (non-hydrogen) atoms. The topological polar surface area (TPSA) is 87.7 Å². The van der Waals surface area contributed by atoms with Crippen molar-refractivity contribution in [2.24, 2.45) is 0 Å². The molecule has 6 heteroatoms. The summed E-state index contributed by atoms with van der Waals surface area (Å²) in [4.78, 5) is 21.7. The number of carboxylic acids is 1. The van der Waals surface area contributed by atoms with Crippen molar-refractivity contribution in [2.45, 2.75) is 26.3 Å². The van der Waals surface area contributed by atoms with E-state index in [1.165, 1.54) is 0 Å². The highest BCUT2D eigenvalue weighted by molar-refractivity contribution is 5.85. The monoisotopic (exact) mass is 232 g/mol. The molecule has 0 atom stereocenters. The lowest BCUT2D eigenvalue weighted by Crippen LogP contribution is -2.53. The summed E-state index contributed by atoms with van der Waals surface area (Å²) in [7, 11) is 0. The standard InChI is InChI=1S/C10H20N2O4/c1-4-12-10(2,3)9(15)11-5-6-16-7-8(13)14/h12H,4-7H2,1-3H3,(H,11,15)(H,13,14). The zero-order valence-electron chi connectivity index (χ0n) is 10.0. The fourth-order valence-electron chi connectivity index (χ4n) is 1.14. The average Bonchev–Trinajstić information content (AvgIpc) is 2.16. The Balaban J connectivity index is 3.69. The Hall–Kier alpha value is -1.14. The van der Waals surface area contributed by atoms with E-state index in [0.717, 1.165) is 0 Å². The molecule has 0 aromatic carbocycles. The number of carbonyl (C=O) groups is 2. The van der Waals surface area contributed by atoms with E-state index in [4.69, 9.17) is 9.84 Å². The van der Waals surface area contributed by atoms with E-state index in [-0.39, 0.29) is 19.1 Å². The van der Waals surface area contributed by atoms with Crippen LogP contribution in [0.5, 0.6) is 0 Å². The smallest absolute Gasteiger partial charge is 0.329 e. The van der Waals surface area contributed by atoms with Gasteiger partial charge in [0.15, 0.2) is 0 Å². The van der Waals surface area contributed by atoms with E-state index < -0.39 is 11.5 Å². The molecule has 0 bridgehead atoms. The average molecular weight is 232 g/mol. The third-order valence-corrected chi connectivity index (χ3v) is 1.94. The third-order valence-electron chi connectivity index (χ3n) is 1.94. The third kappa shape index (κ3) is 6.36. The summed E-state index contributed by atoms with van der Waals surface area (Å²) in [5, 5.41) is 14.0. The molecule has 0 fully saturated rings. The van der Waals surface area contributed by atoms with Crippen molar-refractivity contribution in [3.63, 3.8) is 0 Å². The minimum Gasteiger partial charge on any atom is -0.480 e. The molecule has 0 radical (unpaired) electrons. The van der Waals surface area contributed by atoms with Gasteiger partial charge in [-0.3, -0.25) is 4.79 Å². The van der Waals surface area contributed by atoms with Crippen LogP contribution in [0.1, 0.15) is 20.8 Å². The lowest BCUT2D eigenvalue weighted by atomic mass is 10.1. The Morgan fingerprint density at radius 1 is 1.38 bits per heavy atom. The minimum absolute atomic E-state index is 0.131. The van der Waals surface area contributed by atoms with Gasteiger partial charge < -0.3 is 20.5 Å². The molecule has 0 aromatic rings. The first kappa shape index (κ1) is 14.9. The van der Waals surface area contributed by atoms with Gasteiger partial charge in [0, 0.05) is 6.54 Å². The molecule has 1 amide bonds. The van der Waals surface area contributed by atoms with Crippen LogP contribution < -0.4 is 10.6 Å². The first-order chi connectivity index (χ1) is 7.40. The van der Waals surface area contributed by atoms with Crippen molar-refractivity contribution in [2.75, 3.05) is 26.3 Å². The summed E-state index contributed by atoms with van der Waals surface area (Å²) in [6, 6.07) is 0. The van der Waals surface area contributed by atoms with E-state index in [2.05, 4.69) is 10.6 Å². The van der Waals surface area contributed by atoms with Crippen LogP contribution in [0.15, 0.2) is 0 Å². The largest absolute Gasteiger partial charge is 0.480 e.